The highest BCUT2D eigenvalue weighted by molar-refractivity contribution is 5.93. The van der Waals surface area contributed by atoms with Gasteiger partial charge in [-0.05, 0) is 63.9 Å². The van der Waals surface area contributed by atoms with Crippen LogP contribution in [0.2, 0.25) is 0 Å². The van der Waals surface area contributed by atoms with Crippen LogP contribution in [0.15, 0.2) is 11.6 Å². The molecule has 1 heterocycles. The first kappa shape index (κ1) is 20.5. The fourth-order valence-corrected chi connectivity index (χ4v) is 7.00. The largest absolute Gasteiger partial charge is 0.359 e. The van der Waals surface area contributed by atoms with Gasteiger partial charge in [0.1, 0.15) is 6.79 Å². The van der Waals surface area contributed by atoms with Gasteiger partial charge in [-0.2, -0.15) is 0 Å². The summed E-state index contributed by atoms with van der Waals surface area (Å²) in [6.07, 6.45) is 5.83. The van der Waals surface area contributed by atoms with E-state index < -0.39 is 5.79 Å². The summed E-state index contributed by atoms with van der Waals surface area (Å²) >= 11 is 0. The zero-order valence-corrected chi connectivity index (χ0v) is 18.2. The van der Waals surface area contributed by atoms with E-state index >= 15 is 0 Å². The molecule has 5 heteroatoms. The number of hydrogen-bond donors (Lipinski definition) is 0. The van der Waals surface area contributed by atoms with Crippen LogP contribution in [0, 0.1) is 28.6 Å². The third kappa shape index (κ3) is 3.10. The standard InChI is InChI=1S/C23H36O5/c1-14-9-16-15(17(24)10-14)11-18(26-13-25-6)20-22(16,4)8-7-19-23(20,5)12-27-21(2,3)28-19/h10,15-16,18-20H,7-9,11-13H2,1-6H3/t15-,16+,18+,19-,20-,22-,23+/m0/s1. The van der Waals surface area contributed by atoms with E-state index in [1.807, 2.05) is 19.9 Å². The highest BCUT2D eigenvalue weighted by Gasteiger charge is 2.66. The fraction of sp³-hybridized carbons (Fsp3) is 0.870. The first-order valence-electron chi connectivity index (χ1n) is 10.7. The molecule has 7 atom stereocenters. The topological polar surface area (TPSA) is 54.0 Å². The van der Waals surface area contributed by atoms with Crippen molar-refractivity contribution in [3.05, 3.63) is 11.6 Å². The minimum absolute atomic E-state index is 0.0198. The summed E-state index contributed by atoms with van der Waals surface area (Å²) in [5.41, 5.74) is 1.10. The van der Waals surface area contributed by atoms with Crippen LogP contribution in [0.3, 0.4) is 0 Å². The monoisotopic (exact) mass is 392 g/mol. The van der Waals surface area contributed by atoms with Crippen molar-refractivity contribution < 1.29 is 23.7 Å². The van der Waals surface area contributed by atoms with Crippen molar-refractivity contribution in [2.45, 2.75) is 78.3 Å². The summed E-state index contributed by atoms with van der Waals surface area (Å²) in [5, 5.41) is 0. The molecular formula is C23H36O5. The van der Waals surface area contributed by atoms with Crippen LogP contribution in [0.4, 0.5) is 0 Å². The lowest BCUT2D eigenvalue weighted by atomic mass is 9.43. The average Bonchev–Trinajstić information content (AvgIpc) is 2.61. The second-order valence-electron chi connectivity index (χ2n) is 10.5. The molecule has 3 aliphatic carbocycles. The molecule has 158 valence electrons. The third-order valence-electron chi connectivity index (χ3n) is 8.15. The van der Waals surface area contributed by atoms with E-state index in [0.717, 1.165) is 25.7 Å². The number of carbonyl (C=O) groups excluding carboxylic acids is 1. The minimum Gasteiger partial charge on any atom is -0.359 e. The highest BCUT2D eigenvalue weighted by Crippen LogP contribution is 2.65. The SMILES string of the molecule is COCO[C@@H]1C[C@@H]2C(=O)C=C(C)C[C@H]2[C@]2(C)CC[C@@H]3OC(C)(C)OC[C@@]3(C)[C@@H]12. The van der Waals surface area contributed by atoms with Crippen molar-refractivity contribution >= 4 is 5.78 Å². The van der Waals surface area contributed by atoms with E-state index in [0.29, 0.717) is 12.5 Å². The van der Waals surface area contributed by atoms with E-state index in [9.17, 15) is 4.79 Å². The highest BCUT2D eigenvalue weighted by atomic mass is 16.7. The molecule has 3 fully saturated rings. The molecule has 28 heavy (non-hydrogen) atoms. The van der Waals surface area contributed by atoms with Crippen molar-refractivity contribution in [3.8, 4) is 0 Å². The predicted octanol–water partition coefficient (Wildman–Crippen LogP) is 4.10. The van der Waals surface area contributed by atoms with Crippen molar-refractivity contribution in [1.82, 2.24) is 0 Å². The lowest BCUT2D eigenvalue weighted by Gasteiger charge is -2.66. The number of hydrogen-bond acceptors (Lipinski definition) is 5. The fourth-order valence-electron chi connectivity index (χ4n) is 7.00. The van der Waals surface area contributed by atoms with Gasteiger partial charge in [0, 0.05) is 24.4 Å². The lowest BCUT2D eigenvalue weighted by molar-refractivity contribution is -0.357. The Morgan fingerprint density at radius 1 is 1.21 bits per heavy atom. The minimum atomic E-state index is -0.544. The molecule has 0 aromatic carbocycles. The molecule has 4 rings (SSSR count). The van der Waals surface area contributed by atoms with Gasteiger partial charge in [-0.25, -0.2) is 0 Å². The second-order valence-corrected chi connectivity index (χ2v) is 10.5. The van der Waals surface area contributed by atoms with Crippen LogP contribution in [0.1, 0.15) is 60.3 Å². The van der Waals surface area contributed by atoms with E-state index in [-0.39, 0.29) is 47.4 Å². The van der Waals surface area contributed by atoms with Crippen LogP contribution in [-0.4, -0.2) is 44.3 Å². The van der Waals surface area contributed by atoms with Gasteiger partial charge in [0.25, 0.3) is 0 Å². The maximum absolute atomic E-state index is 12.9. The third-order valence-corrected chi connectivity index (χ3v) is 8.15. The number of ketones is 1. The molecule has 1 saturated heterocycles. The summed E-state index contributed by atoms with van der Waals surface area (Å²) in [6.45, 7) is 11.7. The number of ether oxygens (including phenoxy) is 4. The number of carbonyl (C=O) groups is 1. The Kier molecular flexibility index (Phi) is 5.06. The van der Waals surface area contributed by atoms with Crippen molar-refractivity contribution in [2.75, 3.05) is 20.5 Å². The summed E-state index contributed by atoms with van der Waals surface area (Å²) < 4.78 is 24.1. The molecule has 0 aromatic heterocycles. The van der Waals surface area contributed by atoms with E-state index in [2.05, 4.69) is 20.8 Å². The van der Waals surface area contributed by atoms with E-state index in [1.54, 1.807) is 7.11 Å². The number of rotatable bonds is 3. The Morgan fingerprint density at radius 2 is 1.96 bits per heavy atom. The molecule has 4 aliphatic rings. The van der Waals surface area contributed by atoms with Gasteiger partial charge in [-0.1, -0.05) is 19.4 Å². The first-order valence-corrected chi connectivity index (χ1v) is 10.7. The van der Waals surface area contributed by atoms with Gasteiger partial charge in [-0.3, -0.25) is 4.79 Å². The molecule has 0 spiro atoms. The van der Waals surface area contributed by atoms with E-state index in [4.69, 9.17) is 18.9 Å². The van der Waals surface area contributed by atoms with Gasteiger partial charge < -0.3 is 18.9 Å². The molecule has 0 amide bonds. The first-order chi connectivity index (χ1) is 13.1. The molecular weight excluding hydrogens is 356 g/mol. The normalized spacial score (nSPS) is 47.6. The number of fused-ring (bicyclic) bond motifs is 5. The van der Waals surface area contributed by atoms with Crippen LogP contribution in [0.5, 0.6) is 0 Å². The Labute approximate surface area is 169 Å². The van der Waals surface area contributed by atoms with Crippen LogP contribution >= 0.6 is 0 Å². The summed E-state index contributed by atoms with van der Waals surface area (Å²) in [5.74, 6) is 0.422. The molecule has 0 N–H and O–H groups in total. The Hall–Kier alpha value is -0.750. The van der Waals surface area contributed by atoms with E-state index in [1.165, 1.54) is 5.57 Å². The second kappa shape index (κ2) is 6.90. The zero-order chi connectivity index (χ0) is 20.3. The zero-order valence-electron chi connectivity index (χ0n) is 18.2. The molecule has 0 radical (unpaired) electrons. The van der Waals surface area contributed by atoms with Crippen molar-refractivity contribution in [3.63, 3.8) is 0 Å². The smallest absolute Gasteiger partial charge is 0.163 e. The summed E-state index contributed by atoms with van der Waals surface area (Å²) in [7, 11) is 1.66. The van der Waals surface area contributed by atoms with Gasteiger partial charge in [0.2, 0.25) is 0 Å². The quantitative estimate of drug-likeness (QED) is 0.677. The summed E-state index contributed by atoms with van der Waals surface area (Å²) in [4.78, 5) is 12.9. The Bertz CT molecular complexity index is 670. The molecule has 2 saturated carbocycles. The molecule has 5 nitrogen and oxygen atoms in total. The molecule has 1 aliphatic heterocycles. The van der Waals surface area contributed by atoms with Crippen LogP contribution in [0.25, 0.3) is 0 Å². The van der Waals surface area contributed by atoms with Gasteiger partial charge in [0.05, 0.1) is 18.8 Å². The number of allylic oxidation sites excluding steroid dienone is 2. The average molecular weight is 393 g/mol. The maximum Gasteiger partial charge on any atom is 0.163 e. The lowest BCUT2D eigenvalue weighted by Crippen LogP contribution is -2.68. The molecule has 0 aromatic rings. The summed E-state index contributed by atoms with van der Waals surface area (Å²) in [6, 6.07) is 0. The van der Waals surface area contributed by atoms with Crippen molar-refractivity contribution in [2.24, 2.45) is 28.6 Å². The molecule has 0 unspecified atom stereocenters. The van der Waals surface area contributed by atoms with Crippen LogP contribution < -0.4 is 0 Å². The molecule has 0 bridgehead atoms. The number of methoxy groups -OCH3 is 1. The Balaban J connectivity index is 1.74. The van der Waals surface area contributed by atoms with Crippen LogP contribution in [-0.2, 0) is 23.7 Å². The van der Waals surface area contributed by atoms with Gasteiger partial charge in [-0.15, -0.1) is 0 Å². The Morgan fingerprint density at radius 3 is 2.68 bits per heavy atom. The van der Waals surface area contributed by atoms with Gasteiger partial charge in [0.15, 0.2) is 11.6 Å². The van der Waals surface area contributed by atoms with Gasteiger partial charge >= 0.3 is 0 Å². The van der Waals surface area contributed by atoms with Crippen molar-refractivity contribution in [1.29, 1.82) is 0 Å². The maximum atomic E-state index is 12.9. The predicted molar refractivity (Wildman–Crippen MR) is 106 cm³/mol.